The molecule has 0 spiro atoms. The maximum absolute atomic E-state index is 12.9. The molecule has 4 nitrogen and oxygen atoms in total. The van der Waals surface area contributed by atoms with Crippen molar-refractivity contribution in [3.05, 3.63) is 82.5 Å². The Kier molecular flexibility index (Phi) is 5.05. The standard InChI is InChI=1S/C22H18O4S/c1-24-14-26-18-11-17-21(27-20-10-6-5-9-16(20)22(17)23)12-19(18)25-13-15-7-3-2-4-8-15/h2-12H,13-14H2,1H3. The average molecular weight is 378 g/mol. The van der Waals surface area contributed by atoms with Gasteiger partial charge in [0.25, 0.3) is 0 Å². The molecule has 1 heterocycles. The smallest absolute Gasteiger partial charge is 0.196 e. The Bertz CT molecular complexity index is 1140. The molecule has 0 atom stereocenters. The summed E-state index contributed by atoms with van der Waals surface area (Å²) >= 11 is 1.57. The van der Waals surface area contributed by atoms with E-state index in [1.807, 2.05) is 60.7 Å². The lowest BCUT2D eigenvalue weighted by Crippen LogP contribution is -2.05. The molecule has 0 unspecified atom stereocenters. The molecule has 136 valence electrons. The van der Waals surface area contributed by atoms with Crippen molar-refractivity contribution < 1.29 is 14.2 Å². The molecule has 0 amide bonds. The molecule has 0 N–H and O–H groups in total. The average Bonchev–Trinajstić information content (AvgIpc) is 2.71. The van der Waals surface area contributed by atoms with Crippen LogP contribution >= 0.6 is 11.3 Å². The number of hydrogen-bond acceptors (Lipinski definition) is 5. The fourth-order valence-electron chi connectivity index (χ4n) is 2.89. The Hall–Kier alpha value is -2.89. The van der Waals surface area contributed by atoms with Crippen molar-refractivity contribution in [1.82, 2.24) is 0 Å². The summed E-state index contributed by atoms with van der Waals surface area (Å²) in [6.45, 7) is 0.497. The topological polar surface area (TPSA) is 44.8 Å². The van der Waals surface area contributed by atoms with Gasteiger partial charge < -0.3 is 14.2 Å². The van der Waals surface area contributed by atoms with Gasteiger partial charge in [0.15, 0.2) is 23.7 Å². The molecular weight excluding hydrogens is 360 g/mol. The molecule has 4 aromatic rings. The van der Waals surface area contributed by atoms with Gasteiger partial charge in [0.1, 0.15) is 6.61 Å². The van der Waals surface area contributed by atoms with E-state index in [1.54, 1.807) is 24.5 Å². The predicted molar refractivity (Wildman–Crippen MR) is 109 cm³/mol. The zero-order chi connectivity index (χ0) is 18.6. The molecule has 0 aliphatic heterocycles. The van der Waals surface area contributed by atoms with Crippen molar-refractivity contribution in [1.29, 1.82) is 0 Å². The van der Waals surface area contributed by atoms with Gasteiger partial charge in [0.05, 0.1) is 0 Å². The highest BCUT2D eigenvalue weighted by molar-refractivity contribution is 7.24. The summed E-state index contributed by atoms with van der Waals surface area (Å²) in [5, 5.41) is 1.34. The van der Waals surface area contributed by atoms with Crippen molar-refractivity contribution >= 4 is 31.5 Å². The minimum absolute atomic E-state index is 0.00349. The summed E-state index contributed by atoms with van der Waals surface area (Å²) in [5.41, 5.74) is 1.05. The minimum Gasteiger partial charge on any atom is -0.485 e. The second-order valence-corrected chi connectivity index (χ2v) is 7.13. The van der Waals surface area contributed by atoms with Crippen molar-refractivity contribution in [3.63, 3.8) is 0 Å². The van der Waals surface area contributed by atoms with Gasteiger partial charge in [-0.15, -0.1) is 11.3 Å². The van der Waals surface area contributed by atoms with Gasteiger partial charge in [-0.2, -0.15) is 0 Å². The van der Waals surface area contributed by atoms with E-state index in [0.717, 1.165) is 15.0 Å². The normalized spacial score (nSPS) is 11.0. The third-order valence-electron chi connectivity index (χ3n) is 4.21. The van der Waals surface area contributed by atoms with Crippen LogP contribution in [0.2, 0.25) is 0 Å². The number of benzene rings is 3. The van der Waals surface area contributed by atoms with Crippen molar-refractivity contribution in [2.75, 3.05) is 13.9 Å². The first-order chi connectivity index (χ1) is 13.3. The molecule has 0 bridgehead atoms. The SMILES string of the molecule is COCOc1cc2c(=O)c3ccccc3sc2cc1OCc1ccccc1. The number of ether oxygens (including phenoxy) is 3. The van der Waals surface area contributed by atoms with Crippen LogP contribution in [0.4, 0.5) is 0 Å². The van der Waals surface area contributed by atoms with Crippen molar-refractivity contribution in [3.8, 4) is 11.5 Å². The van der Waals surface area contributed by atoms with Gasteiger partial charge in [0, 0.05) is 33.3 Å². The van der Waals surface area contributed by atoms with E-state index in [1.165, 1.54) is 0 Å². The second kappa shape index (κ2) is 7.78. The summed E-state index contributed by atoms with van der Waals surface area (Å²) in [7, 11) is 1.56. The fraction of sp³-hybridized carbons (Fsp3) is 0.136. The summed E-state index contributed by atoms with van der Waals surface area (Å²) in [4.78, 5) is 12.9. The van der Waals surface area contributed by atoms with Gasteiger partial charge in [-0.25, -0.2) is 0 Å². The monoisotopic (exact) mass is 378 g/mol. The van der Waals surface area contributed by atoms with Crippen LogP contribution in [0, 0.1) is 0 Å². The Morgan fingerprint density at radius 1 is 0.815 bits per heavy atom. The van der Waals surface area contributed by atoms with Crippen LogP contribution in [0.3, 0.4) is 0 Å². The van der Waals surface area contributed by atoms with E-state index in [4.69, 9.17) is 14.2 Å². The largest absolute Gasteiger partial charge is 0.485 e. The maximum Gasteiger partial charge on any atom is 0.196 e. The van der Waals surface area contributed by atoms with Crippen LogP contribution in [-0.4, -0.2) is 13.9 Å². The van der Waals surface area contributed by atoms with E-state index in [-0.39, 0.29) is 12.2 Å². The lowest BCUT2D eigenvalue weighted by molar-refractivity contribution is 0.0485. The van der Waals surface area contributed by atoms with Crippen molar-refractivity contribution in [2.24, 2.45) is 0 Å². The molecule has 0 radical (unpaired) electrons. The molecule has 0 saturated carbocycles. The Morgan fingerprint density at radius 2 is 1.56 bits per heavy atom. The molecule has 4 rings (SSSR count). The number of rotatable bonds is 6. The van der Waals surface area contributed by atoms with Gasteiger partial charge in [-0.05, 0) is 23.8 Å². The molecule has 1 aromatic heterocycles. The van der Waals surface area contributed by atoms with Gasteiger partial charge in [-0.1, -0.05) is 42.5 Å². The predicted octanol–water partition coefficient (Wildman–Crippen LogP) is 4.98. The molecule has 0 aliphatic carbocycles. The molecule has 0 fully saturated rings. The highest BCUT2D eigenvalue weighted by atomic mass is 32.1. The van der Waals surface area contributed by atoms with E-state index in [0.29, 0.717) is 28.9 Å². The van der Waals surface area contributed by atoms with E-state index in [2.05, 4.69) is 0 Å². The first-order valence-corrected chi connectivity index (χ1v) is 9.36. The summed E-state index contributed by atoms with van der Waals surface area (Å²) in [5.74, 6) is 1.09. The third-order valence-corrected chi connectivity index (χ3v) is 5.35. The lowest BCUT2D eigenvalue weighted by atomic mass is 10.1. The molecule has 3 aromatic carbocycles. The highest BCUT2D eigenvalue weighted by Crippen LogP contribution is 2.35. The second-order valence-electron chi connectivity index (χ2n) is 6.05. The first-order valence-electron chi connectivity index (χ1n) is 8.54. The number of hydrogen-bond donors (Lipinski definition) is 0. The van der Waals surface area contributed by atoms with Crippen LogP contribution < -0.4 is 14.9 Å². The van der Waals surface area contributed by atoms with E-state index < -0.39 is 0 Å². The summed E-state index contributed by atoms with van der Waals surface area (Å²) in [6.07, 6.45) is 0. The zero-order valence-electron chi connectivity index (χ0n) is 14.8. The molecule has 27 heavy (non-hydrogen) atoms. The van der Waals surface area contributed by atoms with Crippen LogP contribution in [0.1, 0.15) is 5.56 Å². The minimum atomic E-state index is -0.00349. The number of fused-ring (bicyclic) bond motifs is 2. The van der Waals surface area contributed by atoms with Crippen LogP contribution in [0.25, 0.3) is 20.2 Å². The molecule has 0 saturated heterocycles. The maximum atomic E-state index is 12.9. The Balaban J connectivity index is 1.80. The lowest BCUT2D eigenvalue weighted by Gasteiger charge is -2.14. The van der Waals surface area contributed by atoms with E-state index in [9.17, 15) is 4.79 Å². The van der Waals surface area contributed by atoms with Crippen LogP contribution in [0.5, 0.6) is 11.5 Å². The molecule has 5 heteroatoms. The fourth-order valence-corrected chi connectivity index (χ4v) is 3.98. The Labute approximate surface area is 160 Å². The highest BCUT2D eigenvalue weighted by Gasteiger charge is 2.13. The number of methoxy groups -OCH3 is 1. The van der Waals surface area contributed by atoms with Crippen LogP contribution in [0.15, 0.2) is 71.5 Å². The van der Waals surface area contributed by atoms with Crippen LogP contribution in [-0.2, 0) is 11.3 Å². The van der Waals surface area contributed by atoms with Gasteiger partial charge in [0.2, 0.25) is 0 Å². The van der Waals surface area contributed by atoms with Crippen molar-refractivity contribution in [2.45, 2.75) is 6.61 Å². The summed E-state index contributed by atoms with van der Waals surface area (Å²) < 4.78 is 18.5. The summed E-state index contributed by atoms with van der Waals surface area (Å²) in [6, 6.07) is 21.2. The quantitative estimate of drug-likeness (QED) is 0.351. The van der Waals surface area contributed by atoms with Gasteiger partial charge in [-0.3, -0.25) is 4.79 Å². The zero-order valence-corrected chi connectivity index (χ0v) is 15.6. The third kappa shape index (κ3) is 3.65. The van der Waals surface area contributed by atoms with E-state index >= 15 is 0 Å². The molecular formula is C22H18O4S. The first kappa shape index (κ1) is 17.5. The van der Waals surface area contributed by atoms with Gasteiger partial charge >= 0.3 is 0 Å². The Morgan fingerprint density at radius 3 is 2.37 bits per heavy atom. The molecule has 0 aliphatic rings.